The number of para-hydroxylation sites is 1. The van der Waals surface area contributed by atoms with Gasteiger partial charge < -0.3 is 15.2 Å². The molecule has 6 nitrogen and oxygen atoms in total. The van der Waals surface area contributed by atoms with Gasteiger partial charge in [0.05, 0.1) is 10.6 Å². The molecule has 0 aromatic heterocycles. The van der Waals surface area contributed by atoms with Crippen LogP contribution in [0, 0.1) is 10.1 Å². The van der Waals surface area contributed by atoms with Crippen LogP contribution in [0.2, 0.25) is 0 Å². The fourth-order valence-corrected chi connectivity index (χ4v) is 1.83. The molecule has 0 bridgehead atoms. The van der Waals surface area contributed by atoms with Crippen LogP contribution in [0.1, 0.15) is 0 Å². The lowest BCUT2D eigenvalue weighted by Crippen LogP contribution is -2.05. The number of hydrogen-bond acceptors (Lipinski definition) is 5. The molecule has 1 heterocycles. The van der Waals surface area contributed by atoms with Gasteiger partial charge in [-0.25, -0.2) is 0 Å². The number of nitrogens with zero attached hydrogens (tertiary/aromatic N) is 1. The van der Waals surface area contributed by atoms with E-state index < -0.39 is 4.92 Å². The molecule has 0 saturated carbocycles. The molecule has 1 aliphatic heterocycles. The van der Waals surface area contributed by atoms with Gasteiger partial charge in [-0.3, -0.25) is 10.1 Å². The number of phenols is 1. The summed E-state index contributed by atoms with van der Waals surface area (Å²) in [7, 11) is 0. The molecule has 1 aliphatic rings. The number of nitro groups is 1. The number of ether oxygens (including phenoxy) is 1. The number of benzene rings is 2. The van der Waals surface area contributed by atoms with Crippen molar-refractivity contribution in [2.45, 2.75) is 0 Å². The van der Waals surface area contributed by atoms with E-state index in [4.69, 9.17) is 4.74 Å². The summed E-state index contributed by atoms with van der Waals surface area (Å²) in [6, 6.07) is 9.11. The average Bonchev–Trinajstić information content (AvgIpc) is 2.35. The van der Waals surface area contributed by atoms with Gasteiger partial charge >= 0.3 is 0 Å². The topological polar surface area (TPSA) is 84.6 Å². The van der Waals surface area contributed by atoms with Crippen LogP contribution in [-0.4, -0.2) is 10.0 Å². The summed E-state index contributed by atoms with van der Waals surface area (Å²) < 4.78 is 5.52. The highest BCUT2D eigenvalue weighted by atomic mass is 16.6. The number of phenolic OH excluding ortho intramolecular Hbond substituents is 1. The van der Waals surface area contributed by atoms with Crippen molar-refractivity contribution in [1.82, 2.24) is 0 Å². The van der Waals surface area contributed by atoms with Crippen molar-refractivity contribution in [3.63, 3.8) is 0 Å². The minimum absolute atomic E-state index is 0.0498. The molecule has 0 atom stereocenters. The van der Waals surface area contributed by atoms with E-state index in [9.17, 15) is 15.2 Å². The fraction of sp³-hybridized carbons (Fsp3) is 0. The molecule has 3 rings (SSSR count). The molecule has 0 unspecified atom stereocenters. The summed E-state index contributed by atoms with van der Waals surface area (Å²) >= 11 is 0. The zero-order valence-corrected chi connectivity index (χ0v) is 9.08. The Kier molecular flexibility index (Phi) is 2.09. The third kappa shape index (κ3) is 1.51. The third-order valence-corrected chi connectivity index (χ3v) is 2.65. The standard InChI is InChI=1S/C12H8N2O4/c15-7-4-5-8-11(6-7)18-10-3-1-2-9(14(16)17)12(10)13-8/h1-6,13,15H. The molecule has 0 saturated heterocycles. The van der Waals surface area contributed by atoms with Crippen LogP contribution >= 0.6 is 0 Å². The smallest absolute Gasteiger partial charge is 0.296 e. The first-order chi connectivity index (χ1) is 8.65. The first-order valence-corrected chi connectivity index (χ1v) is 5.20. The maximum absolute atomic E-state index is 10.9. The van der Waals surface area contributed by atoms with Crippen molar-refractivity contribution in [1.29, 1.82) is 0 Å². The van der Waals surface area contributed by atoms with Crippen LogP contribution in [0.5, 0.6) is 17.2 Å². The van der Waals surface area contributed by atoms with Crippen molar-refractivity contribution >= 4 is 17.1 Å². The second kappa shape index (κ2) is 3.63. The molecule has 0 radical (unpaired) electrons. The Bertz CT molecular complexity index is 655. The molecule has 0 aliphatic carbocycles. The Morgan fingerprint density at radius 2 is 2.06 bits per heavy atom. The summed E-state index contributed by atoms with van der Waals surface area (Å²) in [6.45, 7) is 0. The van der Waals surface area contributed by atoms with E-state index in [0.29, 0.717) is 22.9 Å². The Balaban J connectivity index is 2.13. The maximum Gasteiger partial charge on any atom is 0.296 e. The predicted molar refractivity (Wildman–Crippen MR) is 64.6 cm³/mol. The SMILES string of the molecule is O=[N+]([O-])c1cccc2c1Nc1ccc(O)cc1O2. The molecule has 0 amide bonds. The number of hydrogen-bond donors (Lipinski definition) is 2. The Morgan fingerprint density at radius 3 is 2.83 bits per heavy atom. The number of rotatable bonds is 1. The molecular formula is C12H8N2O4. The van der Waals surface area contributed by atoms with Crippen LogP contribution in [0.3, 0.4) is 0 Å². The summed E-state index contributed by atoms with van der Waals surface area (Å²) in [5.74, 6) is 0.870. The molecule has 2 aromatic rings. The van der Waals surface area contributed by atoms with Crippen molar-refractivity contribution in [2.24, 2.45) is 0 Å². The third-order valence-electron chi connectivity index (χ3n) is 2.65. The lowest BCUT2D eigenvalue weighted by Gasteiger charge is -2.21. The fourth-order valence-electron chi connectivity index (χ4n) is 1.83. The van der Waals surface area contributed by atoms with Gasteiger partial charge in [-0.05, 0) is 18.2 Å². The first-order valence-electron chi connectivity index (χ1n) is 5.20. The molecular weight excluding hydrogens is 236 g/mol. The highest BCUT2D eigenvalue weighted by Gasteiger charge is 2.24. The van der Waals surface area contributed by atoms with Crippen LogP contribution in [0.4, 0.5) is 17.1 Å². The molecule has 2 aromatic carbocycles. The zero-order valence-electron chi connectivity index (χ0n) is 9.08. The molecule has 18 heavy (non-hydrogen) atoms. The van der Waals surface area contributed by atoms with E-state index >= 15 is 0 Å². The van der Waals surface area contributed by atoms with Gasteiger partial charge in [-0.1, -0.05) is 6.07 Å². The Hall–Kier alpha value is -2.76. The first kappa shape index (κ1) is 10.4. The molecule has 6 heteroatoms. The summed E-state index contributed by atoms with van der Waals surface area (Å²) in [6.07, 6.45) is 0. The van der Waals surface area contributed by atoms with E-state index in [1.807, 2.05) is 0 Å². The van der Waals surface area contributed by atoms with E-state index in [2.05, 4.69) is 5.32 Å². The number of fused-ring (bicyclic) bond motifs is 2. The van der Waals surface area contributed by atoms with E-state index in [0.717, 1.165) is 0 Å². The van der Waals surface area contributed by atoms with Crippen molar-refractivity contribution in [3.8, 4) is 17.2 Å². The van der Waals surface area contributed by atoms with Gasteiger partial charge in [0.2, 0.25) is 0 Å². The van der Waals surface area contributed by atoms with Crippen LogP contribution in [0.15, 0.2) is 36.4 Å². The van der Waals surface area contributed by atoms with E-state index in [1.54, 1.807) is 18.2 Å². The summed E-state index contributed by atoms with van der Waals surface area (Å²) in [5.41, 5.74) is 0.849. The molecule has 2 N–H and O–H groups in total. The predicted octanol–water partition coefficient (Wildman–Crippen LogP) is 3.15. The maximum atomic E-state index is 10.9. The Morgan fingerprint density at radius 1 is 1.22 bits per heavy atom. The van der Waals surface area contributed by atoms with Gasteiger partial charge in [-0.2, -0.15) is 0 Å². The molecule has 90 valence electrons. The monoisotopic (exact) mass is 244 g/mol. The van der Waals surface area contributed by atoms with E-state index in [-0.39, 0.29) is 11.4 Å². The van der Waals surface area contributed by atoms with Gasteiger partial charge in [0.15, 0.2) is 17.2 Å². The average molecular weight is 244 g/mol. The molecule has 0 spiro atoms. The number of aromatic hydroxyl groups is 1. The van der Waals surface area contributed by atoms with E-state index in [1.165, 1.54) is 18.2 Å². The largest absolute Gasteiger partial charge is 0.508 e. The minimum Gasteiger partial charge on any atom is -0.508 e. The van der Waals surface area contributed by atoms with Crippen molar-refractivity contribution < 1.29 is 14.8 Å². The van der Waals surface area contributed by atoms with Gasteiger partial charge in [-0.15, -0.1) is 0 Å². The zero-order chi connectivity index (χ0) is 12.7. The quantitative estimate of drug-likeness (QED) is 0.390. The number of nitro benzene ring substituents is 1. The number of anilines is 2. The lowest BCUT2D eigenvalue weighted by molar-refractivity contribution is -0.384. The minimum atomic E-state index is -0.472. The number of nitrogens with one attached hydrogen (secondary N) is 1. The van der Waals surface area contributed by atoms with Gasteiger partial charge in [0.25, 0.3) is 5.69 Å². The normalized spacial score (nSPS) is 11.8. The highest BCUT2D eigenvalue weighted by molar-refractivity contribution is 5.82. The molecule has 0 fully saturated rings. The summed E-state index contributed by atoms with van der Waals surface area (Å²) in [5, 5.41) is 23.2. The van der Waals surface area contributed by atoms with Crippen LogP contribution in [0.25, 0.3) is 0 Å². The Labute approximate surface area is 102 Å². The van der Waals surface area contributed by atoms with Crippen LogP contribution < -0.4 is 10.1 Å². The second-order valence-corrected chi connectivity index (χ2v) is 3.81. The lowest BCUT2D eigenvalue weighted by atomic mass is 10.2. The van der Waals surface area contributed by atoms with Crippen LogP contribution in [-0.2, 0) is 0 Å². The van der Waals surface area contributed by atoms with Crippen molar-refractivity contribution in [2.75, 3.05) is 5.32 Å². The van der Waals surface area contributed by atoms with Gasteiger partial charge in [0, 0.05) is 12.1 Å². The summed E-state index contributed by atoms with van der Waals surface area (Å²) in [4.78, 5) is 10.4. The second-order valence-electron chi connectivity index (χ2n) is 3.81. The van der Waals surface area contributed by atoms with Crippen molar-refractivity contribution in [3.05, 3.63) is 46.5 Å². The highest BCUT2D eigenvalue weighted by Crippen LogP contribution is 2.46. The van der Waals surface area contributed by atoms with Gasteiger partial charge in [0.1, 0.15) is 5.75 Å².